The molecule has 3 atom stereocenters. The van der Waals surface area contributed by atoms with E-state index in [9.17, 15) is 0 Å². The van der Waals surface area contributed by atoms with Crippen molar-refractivity contribution in [2.45, 2.75) is 38.4 Å². The van der Waals surface area contributed by atoms with Gasteiger partial charge in [0.1, 0.15) is 11.8 Å². The van der Waals surface area contributed by atoms with Crippen LogP contribution in [0.25, 0.3) is 0 Å². The van der Waals surface area contributed by atoms with Gasteiger partial charge in [-0.2, -0.15) is 0 Å². The minimum Gasteiger partial charge on any atom is -0.493 e. The molecule has 7 heteroatoms. The third-order valence-electron chi connectivity index (χ3n) is 5.45. The van der Waals surface area contributed by atoms with E-state index in [1.165, 1.54) is 0 Å². The topological polar surface area (TPSA) is 56.2 Å². The van der Waals surface area contributed by atoms with Gasteiger partial charge >= 0.3 is 0 Å². The van der Waals surface area contributed by atoms with Crippen LogP contribution in [0.4, 0.5) is 0 Å². The van der Waals surface area contributed by atoms with Gasteiger partial charge < -0.3 is 19.1 Å². The number of pyridine rings is 1. The number of amidine groups is 1. The zero-order chi connectivity index (χ0) is 19.1. The Morgan fingerprint density at radius 1 is 1.21 bits per heavy atom. The molecule has 1 aromatic carbocycles. The summed E-state index contributed by atoms with van der Waals surface area (Å²) < 4.78 is 17.3. The van der Waals surface area contributed by atoms with Crippen LogP contribution in [0.15, 0.2) is 41.5 Å². The number of hydrogen-bond acceptors (Lipinski definition) is 7. The van der Waals surface area contributed by atoms with E-state index in [0.717, 1.165) is 45.8 Å². The average molecular weight is 398 g/mol. The van der Waals surface area contributed by atoms with Crippen molar-refractivity contribution >= 4 is 16.9 Å². The van der Waals surface area contributed by atoms with E-state index < -0.39 is 0 Å². The van der Waals surface area contributed by atoms with Gasteiger partial charge in [-0.25, -0.2) is 0 Å². The van der Waals surface area contributed by atoms with Crippen LogP contribution in [-0.2, 0) is 0 Å². The van der Waals surface area contributed by atoms with Gasteiger partial charge in [-0.05, 0) is 31.5 Å². The molecule has 5 rings (SSSR count). The standard InChI is InChI=1S/C21H23N3O3S/c1-3-13-11-28-21-23-19(15-7-5-6-8-22-15)20(24(13)21)14-9-17-18(27-12-26-17)10-16(14)25-4-2/h5-10,13,19-20H,3-4,11-12H2,1-2H3/t13-,19-,20+/m0/s1. The van der Waals surface area contributed by atoms with Crippen molar-refractivity contribution < 1.29 is 14.2 Å². The molecule has 0 spiro atoms. The second-order valence-corrected chi connectivity index (χ2v) is 8.00. The molecule has 1 saturated heterocycles. The lowest BCUT2D eigenvalue weighted by atomic mass is 9.94. The number of aromatic nitrogens is 1. The van der Waals surface area contributed by atoms with Gasteiger partial charge in [-0.15, -0.1) is 0 Å². The fourth-order valence-electron chi connectivity index (χ4n) is 4.14. The Labute approximate surface area is 168 Å². The minimum absolute atomic E-state index is 0.0286. The highest BCUT2D eigenvalue weighted by Gasteiger charge is 2.46. The quantitative estimate of drug-likeness (QED) is 0.754. The van der Waals surface area contributed by atoms with E-state index in [4.69, 9.17) is 19.2 Å². The van der Waals surface area contributed by atoms with Crippen LogP contribution in [0.2, 0.25) is 0 Å². The Hall–Kier alpha value is -2.41. The first-order chi connectivity index (χ1) is 13.8. The van der Waals surface area contributed by atoms with Gasteiger partial charge in [0.25, 0.3) is 0 Å². The summed E-state index contributed by atoms with van der Waals surface area (Å²) in [6.07, 6.45) is 2.91. The first-order valence-electron chi connectivity index (χ1n) is 9.76. The minimum atomic E-state index is -0.0716. The van der Waals surface area contributed by atoms with Crippen molar-refractivity contribution in [3.05, 3.63) is 47.8 Å². The van der Waals surface area contributed by atoms with Crippen molar-refractivity contribution in [1.82, 2.24) is 9.88 Å². The van der Waals surface area contributed by atoms with E-state index in [0.29, 0.717) is 12.6 Å². The summed E-state index contributed by atoms with van der Waals surface area (Å²) in [5.41, 5.74) is 2.06. The summed E-state index contributed by atoms with van der Waals surface area (Å²) in [5, 5.41) is 1.10. The zero-order valence-electron chi connectivity index (χ0n) is 16.0. The highest BCUT2D eigenvalue weighted by Crippen LogP contribution is 2.52. The molecular formula is C21H23N3O3S. The van der Waals surface area contributed by atoms with Crippen LogP contribution in [0, 0.1) is 0 Å². The third kappa shape index (κ3) is 2.80. The molecule has 0 unspecified atom stereocenters. The molecule has 146 valence electrons. The molecule has 1 fully saturated rings. The van der Waals surface area contributed by atoms with Crippen LogP contribution < -0.4 is 14.2 Å². The highest BCUT2D eigenvalue weighted by molar-refractivity contribution is 8.14. The molecule has 3 aliphatic heterocycles. The van der Waals surface area contributed by atoms with E-state index in [1.807, 2.05) is 43.1 Å². The van der Waals surface area contributed by atoms with E-state index in [-0.39, 0.29) is 18.9 Å². The van der Waals surface area contributed by atoms with Crippen molar-refractivity contribution in [2.24, 2.45) is 4.99 Å². The monoisotopic (exact) mass is 397 g/mol. The van der Waals surface area contributed by atoms with Gasteiger partial charge in [0, 0.05) is 29.6 Å². The molecule has 0 radical (unpaired) electrons. The molecule has 0 amide bonds. The summed E-state index contributed by atoms with van der Waals surface area (Å²) >= 11 is 1.84. The zero-order valence-corrected chi connectivity index (χ0v) is 16.8. The first-order valence-corrected chi connectivity index (χ1v) is 10.7. The molecule has 6 nitrogen and oxygen atoms in total. The molecule has 0 bridgehead atoms. The number of aliphatic imine (C=N–C) groups is 1. The van der Waals surface area contributed by atoms with Crippen molar-refractivity contribution in [3.8, 4) is 17.2 Å². The summed E-state index contributed by atoms with van der Waals surface area (Å²) in [4.78, 5) is 12.2. The van der Waals surface area contributed by atoms with Crippen LogP contribution in [0.1, 0.15) is 43.6 Å². The largest absolute Gasteiger partial charge is 0.493 e. The Bertz CT molecular complexity index is 905. The second-order valence-electron chi connectivity index (χ2n) is 7.01. The van der Waals surface area contributed by atoms with Gasteiger partial charge in [-0.3, -0.25) is 9.98 Å². The number of rotatable bonds is 5. The SMILES string of the molecule is CCOc1cc2c(cc1[C@@H]1[C@H](c3ccccn3)N=C3SC[C@H](CC)N31)OCO2. The summed E-state index contributed by atoms with van der Waals surface area (Å²) in [7, 11) is 0. The molecule has 3 aliphatic rings. The highest BCUT2D eigenvalue weighted by atomic mass is 32.2. The van der Waals surface area contributed by atoms with Gasteiger partial charge in [-0.1, -0.05) is 24.8 Å². The number of benzene rings is 1. The van der Waals surface area contributed by atoms with E-state index in [2.05, 4.69) is 28.9 Å². The lowest BCUT2D eigenvalue weighted by Gasteiger charge is -2.32. The number of nitrogens with zero attached hydrogens (tertiary/aromatic N) is 3. The normalized spacial score (nSPS) is 25.0. The maximum atomic E-state index is 6.04. The Morgan fingerprint density at radius 3 is 2.82 bits per heavy atom. The second kappa shape index (κ2) is 7.20. The smallest absolute Gasteiger partial charge is 0.231 e. The fraction of sp³-hybridized carbons (Fsp3) is 0.429. The fourth-order valence-corrected chi connectivity index (χ4v) is 5.48. The van der Waals surface area contributed by atoms with Gasteiger partial charge in [0.15, 0.2) is 16.7 Å². The number of thioether (sulfide) groups is 1. The Balaban J connectivity index is 1.65. The summed E-state index contributed by atoms with van der Waals surface area (Å²) in [5.74, 6) is 3.41. The molecule has 0 saturated carbocycles. The molecule has 1 aromatic heterocycles. The predicted octanol–water partition coefficient (Wildman–Crippen LogP) is 4.19. The average Bonchev–Trinajstić information content (AvgIpc) is 3.42. The van der Waals surface area contributed by atoms with Crippen LogP contribution >= 0.6 is 11.8 Å². The lowest BCUT2D eigenvalue weighted by Crippen LogP contribution is -2.35. The molecular weight excluding hydrogens is 374 g/mol. The van der Waals surface area contributed by atoms with Crippen molar-refractivity contribution in [3.63, 3.8) is 0 Å². The van der Waals surface area contributed by atoms with Crippen molar-refractivity contribution in [2.75, 3.05) is 19.2 Å². The molecule has 2 aromatic rings. The summed E-state index contributed by atoms with van der Waals surface area (Å²) in [6, 6.07) is 10.5. The van der Waals surface area contributed by atoms with E-state index in [1.54, 1.807) is 0 Å². The van der Waals surface area contributed by atoms with Crippen LogP contribution in [0.3, 0.4) is 0 Å². The first kappa shape index (κ1) is 17.7. The number of fused-ring (bicyclic) bond motifs is 2. The lowest BCUT2D eigenvalue weighted by molar-refractivity contribution is 0.173. The van der Waals surface area contributed by atoms with E-state index >= 15 is 0 Å². The maximum absolute atomic E-state index is 6.04. The van der Waals surface area contributed by atoms with Crippen LogP contribution in [0.5, 0.6) is 17.2 Å². The van der Waals surface area contributed by atoms with Gasteiger partial charge in [0.2, 0.25) is 6.79 Å². The van der Waals surface area contributed by atoms with Crippen LogP contribution in [-0.4, -0.2) is 40.2 Å². The Kier molecular flexibility index (Phi) is 4.55. The maximum Gasteiger partial charge on any atom is 0.231 e. The number of ether oxygens (including phenoxy) is 3. The Morgan fingerprint density at radius 2 is 2.07 bits per heavy atom. The predicted molar refractivity (Wildman–Crippen MR) is 109 cm³/mol. The molecule has 28 heavy (non-hydrogen) atoms. The number of hydrogen-bond donors (Lipinski definition) is 0. The summed E-state index contributed by atoms with van der Waals surface area (Å²) in [6.45, 7) is 5.08. The molecule has 0 aliphatic carbocycles. The molecule has 0 N–H and O–H groups in total. The van der Waals surface area contributed by atoms with Crippen molar-refractivity contribution in [1.29, 1.82) is 0 Å². The van der Waals surface area contributed by atoms with Gasteiger partial charge in [0.05, 0.1) is 18.3 Å². The third-order valence-corrected chi connectivity index (χ3v) is 6.58. The molecule has 4 heterocycles.